The van der Waals surface area contributed by atoms with Gasteiger partial charge < -0.3 is 47.2 Å². The molecule has 0 rings (SSSR count). The van der Waals surface area contributed by atoms with Crippen molar-refractivity contribution in [2.45, 2.75) is 66.8 Å². The first-order valence-corrected chi connectivity index (χ1v) is 8.93. The lowest BCUT2D eigenvalue weighted by atomic mass is 10.1. The van der Waals surface area contributed by atoms with Crippen LogP contribution in [0.4, 0.5) is 0 Å². The van der Waals surface area contributed by atoms with Crippen LogP contribution in [0.1, 0.15) is 60.8 Å². The molecular formula is C18H38N2O14. The van der Waals surface area contributed by atoms with Crippen molar-refractivity contribution in [3.8, 4) is 0 Å². The molecule has 0 aliphatic carbocycles. The molecule has 16 heteroatoms. The molecule has 0 saturated carbocycles. The predicted molar refractivity (Wildman–Crippen MR) is 118 cm³/mol. The second kappa shape index (κ2) is 39.7. The van der Waals surface area contributed by atoms with Crippen molar-refractivity contribution in [1.29, 1.82) is 0 Å². The average molecular weight is 507 g/mol. The summed E-state index contributed by atoms with van der Waals surface area (Å²) in [6.45, 7) is 7.10. The lowest BCUT2D eigenvalue weighted by Gasteiger charge is -2.03. The molecule has 0 amide bonds. The third kappa shape index (κ3) is 769. The normalized spacial score (nSPS) is 8.24. The standard InChI is InChI=1S/C6H14N2O2.6C2H4O2/c7-4-2-1-3-5(8)6(9)10;6*1-2(3)4/h5H,1-4,7-8H2,(H,9,10);6*1H3,(H,3,4)/t5-;;;;;;/m0....../s1. The second-order valence-electron chi connectivity index (χ2n) is 5.34. The van der Waals surface area contributed by atoms with E-state index in [9.17, 15) is 4.79 Å². The van der Waals surface area contributed by atoms with Gasteiger partial charge >= 0.3 is 5.97 Å². The summed E-state index contributed by atoms with van der Waals surface area (Å²) >= 11 is 0. The van der Waals surface area contributed by atoms with Crippen LogP contribution in [0.25, 0.3) is 0 Å². The first-order chi connectivity index (χ1) is 15.1. The minimum atomic E-state index is -0.933. The maximum Gasteiger partial charge on any atom is 0.320 e. The largest absolute Gasteiger partial charge is 0.481 e. The molecule has 204 valence electrons. The summed E-state index contributed by atoms with van der Waals surface area (Å²) in [6.07, 6.45) is 2.16. The van der Waals surface area contributed by atoms with E-state index in [1.807, 2.05) is 0 Å². The number of hydrogen-bond donors (Lipinski definition) is 9. The van der Waals surface area contributed by atoms with Gasteiger partial charge in [-0.15, -0.1) is 0 Å². The topological polar surface area (TPSA) is 313 Å². The molecule has 16 nitrogen and oxygen atoms in total. The Kier molecular flexibility index (Phi) is 55.8. The van der Waals surface area contributed by atoms with Crippen LogP contribution >= 0.6 is 0 Å². The lowest BCUT2D eigenvalue weighted by molar-refractivity contribution is -0.139. The van der Waals surface area contributed by atoms with Crippen LogP contribution in [0.3, 0.4) is 0 Å². The van der Waals surface area contributed by atoms with Gasteiger partial charge in [0.15, 0.2) is 0 Å². The quantitative estimate of drug-likeness (QED) is 0.223. The van der Waals surface area contributed by atoms with Gasteiger partial charge in [0.25, 0.3) is 35.8 Å². The molecule has 0 spiro atoms. The second-order valence-corrected chi connectivity index (χ2v) is 5.34. The van der Waals surface area contributed by atoms with E-state index in [-0.39, 0.29) is 0 Å². The van der Waals surface area contributed by atoms with E-state index in [1.165, 1.54) is 0 Å². The Morgan fingerprint density at radius 1 is 0.529 bits per heavy atom. The van der Waals surface area contributed by atoms with Gasteiger partial charge in [-0.05, 0) is 19.4 Å². The fourth-order valence-corrected chi connectivity index (χ4v) is 0.632. The summed E-state index contributed by atoms with van der Waals surface area (Å²) < 4.78 is 0. The number of carboxylic acid groups (broad SMARTS) is 7. The van der Waals surface area contributed by atoms with Gasteiger partial charge in [-0.3, -0.25) is 33.6 Å². The summed E-state index contributed by atoms with van der Waals surface area (Å²) in [6, 6.07) is -0.716. The Labute approximate surface area is 196 Å². The zero-order chi connectivity index (χ0) is 29.4. The van der Waals surface area contributed by atoms with Crippen LogP contribution in [0.5, 0.6) is 0 Å². The van der Waals surface area contributed by atoms with Crippen molar-refractivity contribution in [1.82, 2.24) is 0 Å². The van der Waals surface area contributed by atoms with Crippen molar-refractivity contribution in [2.24, 2.45) is 11.5 Å². The highest BCUT2D eigenvalue weighted by atomic mass is 16.4. The zero-order valence-corrected chi connectivity index (χ0v) is 20.0. The fourth-order valence-electron chi connectivity index (χ4n) is 0.632. The van der Waals surface area contributed by atoms with Gasteiger partial charge in [-0.2, -0.15) is 0 Å². The number of carboxylic acids is 7. The minimum Gasteiger partial charge on any atom is -0.481 e. The van der Waals surface area contributed by atoms with E-state index in [1.54, 1.807) is 0 Å². The Bertz CT molecular complexity index is 448. The van der Waals surface area contributed by atoms with E-state index < -0.39 is 47.8 Å². The Balaban J connectivity index is -0.0000000526. The Morgan fingerprint density at radius 2 is 0.706 bits per heavy atom. The minimum absolute atomic E-state index is 0.520. The van der Waals surface area contributed by atoms with E-state index in [2.05, 4.69) is 0 Å². The van der Waals surface area contributed by atoms with E-state index in [0.717, 1.165) is 54.4 Å². The summed E-state index contributed by atoms with van der Waals surface area (Å²) in [5.74, 6) is -5.93. The van der Waals surface area contributed by atoms with E-state index in [4.69, 9.17) is 76.0 Å². The highest BCUT2D eigenvalue weighted by Crippen LogP contribution is 1.96. The molecule has 0 unspecified atom stereocenters. The average Bonchev–Trinajstić information content (AvgIpc) is 2.51. The molecule has 0 aromatic carbocycles. The summed E-state index contributed by atoms with van der Waals surface area (Å²) in [7, 11) is 0. The van der Waals surface area contributed by atoms with Crippen LogP contribution in [0.15, 0.2) is 0 Å². The third-order valence-electron chi connectivity index (χ3n) is 1.29. The molecule has 0 heterocycles. The maximum atomic E-state index is 10.1. The molecule has 1 atom stereocenters. The van der Waals surface area contributed by atoms with Crippen molar-refractivity contribution < 1.29 is 69.3 Å². The number of nitrogens with two attached hydrogens (primary N) is 2. The van der Waals surface area contributed by atoms with Gasteiger partial charge in [0, 0.05) is 41.5 Å². The van der Waals surface area contributed by atoms with Gasteiger partial charge in [-0.25, -0.2) is 0 Å². The summed E-state index contributed by atoms with van der Waals surface area (Å²) in [4.78, 5) is 64.1. The van der Waals surface area contributed by atoms with E-state index >= 15 is 0 Å². The number of rotatable bonds is 5. The van der Waals surface area contributed by atoms with Crippen LogP contribution in [0.2, 0.25) is 0 Å². The Morgan fingerprint density at radius 3 is 0.824 bits per heavy atom. The molecule has 0 aliphatic rings. The number of carbonyl (C=O) groups is 7. The monoisotopic (exact) mass is 506 g/mol. The number of aliphatic carboxylic acids is 7. The SMILES string of the molecule is CC(=O)O.CC(=O)O.CC(=O)O.CC(=O)O.CC(=O)O.CC(=O)O.NCCCC[C@H](N)C(=O)O. The van der Waals surface area contributed by atoms with Crippen molar-refractivity contribution in [3.05, 3.63) is 0 Å². The van der Waals surface area contributed by atoms with Gasteiger partial charge in [0.05, 0.1) is 0 Å². The van der Waals surface area contributed by atoms with Gasteiger partial charge in [0.2, 0.25) is 0 Å². The molecule has 0 fully saturated rings. The summed E-state index contributed by atoms with van der Waals surface area (Å²) in [5, 5.41) is 52.8. The summed E-state index contributed by atoms with van der Waals surface area (Å²) in [5.41, 5.74) is 10.4. The molecule has 11 N–H and O–H groups in total. The van der Waals surface area contributed by atoms with Gasteiger partial charge in [-0.1, -0.05) is 6.42 Å². The lowest BCUT2D eigenvalue weighted by Crippen LogP contribution is -2.29. The van der Waals surface area contributed by atoms with Gasteiger partial charge in [0.1, 0.15) is 6.04 Å². The molecular weight excluding hydrogens is 468 g/mol. The first kappa shape index (κ1) is 47.8. The fraction of sp³-hybridized carbons (Fsp3) is 0.611. The Hall–Kier alpha value is -3.79. The molecule has 34 heavy (non-hydrogen) atoms. The van der Waals surface area contributed by atoms with Crippen molar-refractivity contribution >= 4 is 41.8 Å². The van der Waals surface area contributed by atoms with Crippen LogP contribution < -0.4 is 11.5 Å². The molecule has 0 radical (unpaired) electrons. The zero-order valence-electron chi connectivity index (χ0n) is 20.0. The van der Waals surface area contributed by atoms with Crippen LogP contribution in [0, 0.1) is 0 Å². The van der Waals surface area contributed by atoms with E-state index in [0.29, 0.717) is 13.0 Å². The highest BCUT2D eigenvalue weighted by molar-refractivity contribution is 5.72. The molecule has 0 aromatic heterocycles. The van der Waals surface area contributed by atoms with Crippen molar-refractivity contribution in [3.63, 3.8) is 0 Å². The molecule has 0 aliphatic heterocycles. The van der Waals surface area contributed by atoms with Crippen LogP contribution in [-0.4, -0.2) is 90.1 Å². The molecule has 0 aromatic rings. The highest BCUT2D eigenvalue weighted by Gasteiger charge is 2.09. The smallest absolute Gasteiger partial charge is 0.320 e. The first-order valence-electron chi connectivity index (χ1n) is 8.93. The number of hydrogen-bond acceptors (Lipinski definition) is 9. The van der Waals surface area contributed by atoms with Crippen LogP contribution in [-0.2, 0) is 33.6 Å². The van der Waals surface area contributed by atoms with Crippen molar-refractivity contribution in [2.75, 3.05) is 6.54 Å². The molecule has 0 bridgehead atoms. The molecule has 0 saturated heterocycles. The third-order valence-corrected chi connectivity index (χ3v) is 1.29. The predicted octanol–water partition coefficient (Wildman–Crippen LogP) is 0.0727. The number of unbranched alkanes of at least 4 members (excludes halogenated alkanes) is 1. The maximum absolute atomic E-state index is 10.1.